The highest BCUT2D eigenvalue weighted by Crippen LogP contribution is 2.42. The van der Waals surface area contributed by atoms with Gasteiger partial charge in [0.2, 0.25) is 0 Å². The number of benzene rings is 3. The standard InChI is InChI=1S/C27H23F3O8S2/c28-27(29,30)40(32,33)38-22-21-20(16-34-25(37-21)18-12-6-2-7-13-18)35-26(39-19-14-8-3-9-15-19)23(22)36-24(31)17-10-4-1-5-11-17/h1-15,20-23,25-26H,16H2/t20-,21+,22-,23-,25+,26+/m1/s1. The number of fused-ring (bicyclic) bond motifs is 1. The van der Waals surface area contributed by atoms with Crippen molar-refractivity contribution >= 4 is 27.8 Å². The van der Waals surface area contributed by atoms with Crippen LogP contribution in [0, 0.1) is 0 Å². The Hall–Kier alpha value is -2.94. The molecule has 0 spiro atoms. The minimum absolute atomic E-state index is 0.0978. The van der Waals surface area contributed by atoms with Crippen molar-refractivity contribution < 1.29 is 49.5 Å². The summed E-state index contributed by atoms with van der Waals surface area (Å²) in [5.74, 6) is -0.906. The minimum atomic E-state index is -6.14. The molecule has 0 amide bonds. The molecule has 0 radical (unpaired) electrons. The Morgan fingerprint density at radius 2 is 1.45 bits per heavy atom. The molecule has 212 valence electrons. The first-order valence-corrected chi connectivity index (χ1v) is 14.4. The van der Waals surface area contributed by atoms with Crippen molar-refractivity contribution in [3.8, 4) is 0 Å². The number of carbonyl (C=O) groups excluding carboxylic acids is 1. The molecule has 13 heteroatoms. The first-order chi connectivity index (χ1) is 19.1. The van der Waals surface area contributed by atoms with Gasteiger partial charge in [-0.2, -0.15) is 21.6 Å². The maximum Gasteiger partial charge on any atom is 0.523 e. The molecule has 8 nitrogen and oxygen atoms in total. The van der Waals surface area contributed by atoms with Gasteiger partial charge in [-0.25, -0.2) is 4.79 Å². The van der Waals surface area contributed by atoms with Crippen molar-refractivity contribution in [3.05, 3.63) is 102 Å². The van der Waals surface area contributed by atoms with Crippen LogP contribution in [0.2, 0.25) is 0 Å². The lowest BCUT2D eigenvalue weighted by atomic mass is 9.98. The molecule has 2 heterocycles. The topological polar surface area (TPSA) is 97.4 Å². The number of halogens is 3. The second kappa shape index (κ2) is 11.9. The largest absolute Gasteiger partial charge is 0.523 e. The van der Waals surface area contributed by atoms with Gasteiger partial charge < -0.3 is 18.9 Å². The third-order valence-corrected chi connectivity index (χ3v) is 8.32. The quantitative estimate of drug-likeness (QED) is 0.210. The summed E-state index contributed by atoms with van der Waals surface area (Å²) in [6.07, 6.45) is -7.06. The molecule has 40 heavy (non-hydrogen) atoms. The monoisotopic (exact) mass is 596 g/mol. The van der Waals surface area contributed by atoms with Gasteiger partial charge in [0.25, 0.3) is 0 Å². The average Bonchev–Trinajstić information content (AvgIpc) is 2.95. The van der Waals surface area contributed by atoms with Gasteiger partial charge in [0.1, 0.15) is 23.7 Å². The lowest BCUT2D eigenvalue weighted by molar-refractivity contribution is -0.314. The van der Waals surface area contributed by atoms with Gasteiger partial charge in [0.15, 0.2) is 12.4 Å². The minimum Gasteiger partial charge on any atom is -0.452 e. The van der Waals surface area contributed by atoms with Crippen molar-refractivity contribution in [2.75, 3.05) is 6.61 Å². The molecular weight excluding hydrogens is 573 g/mol. The van der Waals surface area contributed by atoms with Gasteiger partial charge in [0.05, 0.1) is 12.2 Å². The molecule has 0 unspecified atom stereocenters. The van der Waals surface area contributed by atoms with Crippen molar-refractivity contribution in [2.24, 2.45) is 0 Å². The Morgan fingerprint density at radius 3 is 2.08 bits per heavy atom. The van der Waals surface area contributed by atoms with Crippen LogP contribution in [0.3, 0.4) is 0 Å². The van der Waals surface area contributed by atoms with Crippen LogP contribution in [0.5, 0.6) is 0 Å². The highest BCUT2D eigenvalue weighted by atomic mass is 32.2. The predicted octanol–water partition coefficient (Wildman–Crippen LogP) is 5.08. The van der Waals surface area contributed by atoms with Crippen molar-refractivity contribution in [1.82, 2.24) is 0 Å². The lowest BCUT2D eigenvalue weighted by Crippen LogP contribution is -2.63. The molecule has 0 aromatic heterocycles. The SMILES string of the molecule is O=C(O[C@@H]1[C@H](OS(=O)(=O)C(F)(F)F)[C@H]2O[C@@H](c3ccccc3)OC[C@H]2O[C@H]1Sc1ccccc1)c1ccccc1. The maximum absolute atomic E-state index is 13.5. The number of alkyl halides is 3. The molecule has 0 bridgehead atoms. The smallest absolute Gasteiger partial charge is 0.452 e. The third-order valence-electron chi connectivity index (χ3n) is 6.12. The number of thioether (sulfide) groups is 1. The van der Waals surface area contributed by atoms with Gasteiger partial charge >= 0.3 is 21.6 Å². The second-order valence-electron chi connectivity index (χ2n) is 8.85. The van der Waals surface area contributed by atoms with Crippen LogP contribution in [-0.2, 0) is 33.2 Å². The van der Waals surface area contributed by atoms with E-state index in [4.69, 9.17) is 23.1 Å². The van der Waals surface area contributed by atoms with E-state index in [1.165, 1.54) is 12.1 Å². The number of hydrogen-bond acceptors (Lipinski definition) is 9. The highest BCUT2D eigenvalue weighted by molar-refractivity contribution is 7.99. The maximum atomic E-state index is 13.5. The van der Waals surface area contributed by atoms with E-state index in [0.29, 0.717) is 10.5 Å². The second-order valence-corrected chi connectivity index (χ2v) is 11.6. The normalized spacial score (nSPS) is 27.0. The molecule has 2 saturated heterocycles. The molecule has 3 aromatic carbocycles. The molecule has 0 aliphatic carbocycles. The molecule has 2 aliphatic heterocycles. The molecule has 3 aromatic rings. The van der Waals surface area contributed by atoms with E-state index in [0.717, 1.165) is 11.8 Å². The molecule has 2 aliphatic rings. The summed E-state index contributed by atoms with van der Waals surface area (Å²) in [4.78, 5) is 13.7. The first-order valence-electron chi connectivity index (χ1n) is 12.1. The van der Waals surface area contributed by atoms with Crippen molar-refractivity contribution in [1.29, 1.82) is 0 Å². The zero-order valence-electron chi connectivity index (χ0n) is 20.5. The van der Waals surface area contributed by atoms with Gasteiger partial charge in [-0.1, -0.05) is 78.5 Å². The van der Waals surface area contributed by atoms with E-state index in [9.17, 15) is 26.4 Å². The number of rotatable bonds is 7. The molecule has 0 saturated carbocycles. The number of esters is 1. The molecule has 2 fully saturated rings. The van der Waals surface area contributed by atoms with E-state index >= 15 is 0 Å². The van der Waals surface area contributed by atoms with E-state index in [-0.39, 0.29) is 12.2 Å². The van der Waals surface area contributed by atoms with Gasteiger partial charge in [-0.3, -0.25) is 4.18 Å². The third kappa shape index (κ3) is 6.35. The van der Waals surface area contributed by atoms with E-state index in [2.05, 4.69) is 0 Å². The van der Waals surface area contributed by atoms with Crippen LogP contribution in [0.15, 0.2) is 95.9 Å². The summed E-state index contributed by atoms with van der Waals surface area (Å²) in [7, 11) is -6.14. The zero-order valence-corrected chi connectivity index (χ0v) is 22.2. The summed E-state index contributed by atoms with van der Waals surface area (Å²) in [6.45, 7) is -0.151. The fourth-order valence-electron chi connectivity index (χ4n) is 4.26. The van der Waals surface area contributed by atoms with E-state index < -0.39 is 57.7 Å². The summed E-state index contributed by atoms with van der Waals surface area (Å²) >= 11 is 1.03. The predicted molar refractivity (Wildman–Crippen MR) is 136 cm³/mol. The number of hydrogen-bond donors (Lipinski definition) is 0. The summed E-state index contributed by atoms with van der Waals surface area (Å²) in [6, 6.07) is 24.9. The number of carbonyl (C=O) groups is 1. The summed E-state index contributed by atoms with van der Waals surface area (Å²) in [5.41, 5.74) is -6.27. The lowest BCUT2D eigenvalue weighted by Gasteiger charge is -2.48. The van der Waals surface area contributed by atoms with Crippen LogP contribution in [-0.4, -0.2) is 56.4 Å². The van der Waals surface area contributed by atoms with Gasteiger partial charge in [-0.05, 0) is 24.3 Å². The average molecular weight is 597 g/mol. The van der Waals surface area contributed by atoms with Crippen LogP contribution < -0.4 is 0 Å². The van der Waals surface area contributed by atoms with E-state index in [1.807, 2.05) is 0 Å². The Morgan fingerprint density at radius 1 is 0.850 bits per heavy atom. The van der Waals surface area contributed by atoms with Gasteiger partial charge in [-0.15, -0.1) is 0 Å². The highest BCUT2D eigenvalue weighted by Gasteiger charge is 2.58. The Bertz CT molecular complexity index is 1390. The fraction of sp³-hybridized carbons (Fsp3) is 0.296. The van der Waals surface area contributed by atoms with E-state index in [1.54, 1.807) is 78.9 Å². The van der Waals surface area contributed by atoms with Crippen LogP contribution in [0.25, 0.3) is 0 Å². The van der Waals surface area contributed by atoms with Crippen molar-refractivity contribution in [2.45, 2.75) is 46.5 Å². The summed E-state index contributed by atoms with van der Waals surface area (Å²) < 4.78 is 93.5. The fourth-order valence-corrected chi connectivity index (χ4v) is 6.00. The van der Waals surface area contributed by atoms with Crippen LogP contribution in [0.4, 0.5) is 13.2 Å². The number of ether oxygens (including phenoxy) is 4. The Balaban J connectivity index is 1.53. The molecule has 6 atom stereocenters. The molecular formula is C27H23F3O8S2. The molecule has 0 N–H and O–H groups in total. The summed E-state index contributed by atoms with van der Waals surface area (Å²) in [5, 5.41) is 0. The van der Waals surface area contributed by atoms with Crippen LogP contribution in [0.1, 0.15) is 22.2 Å². The van der Waals surface area contributed by atoms with Gasteiger partial charge in [0, 0.05) is 10.5 Å². The Labute approximate surface area is 232 Å². The van der Waals surface area contributed by atoms with Crippen molar-refractivity contribution in [3.63, 3.8) is 0 Å². The molecule has 5 rings (SSSR count). The van der Waals surface area contributed by atoms with Crippen LogP contribution >= 0.6 is 11.8 Å². The first kappa shape index (κ1) is 28.6. The zero-order chi connectivity index (χ0) is 28.3. The Kier molecular flexibility index (Phi) is 8.50.